The largest absolute Gasteiger partial charge is 0.416 e. The maximum atomic E-state index is 13.0. The predicted molar refractivity (Wildman–Crippen MR) is 92.3 cm³/mol. The number of carbonyl (C=O) groups excluding carboxylic acids is 1. The van der Waals surface area contributed by atoms with Gasteiger partial charge in [0.25, 0.3) is 5.91 Å². The van der Waals surface area contributed by atoms with Crippen molar-refractivity contribution in [2.24, 2.45) is 0 Å². The van der Waals surface area contributed by atoms with Gasteiger partial charge in [0.2, 0.25) is 0 Å². The molecule has 1 amide bonds. The Hall–Kier alpha value is -2.71. The van der Waals surface area contributed by atoms with Crippen LogP contribution in [-0.4, -0.2) is 19.0 Å². The fourth-order valence-electron chi connectivity index (χ4n) is 3.09. The Kier molecular flexibility index (Phi) is 5.27. The first kappa shape index (κ1) is 20.0. The van der Waals surface area contributed by atoms with E-state index in [1.807, 2.05) is 4.90 Å². The van der Waals surface area contributed by atoms with Crippen molar-refractivity contribution in [1.82, 2.24) is 0 Å². The average molecular weight is 402 g/mol. The van der Waals surface area contributed by atoms with E-state index in [-0.39, 0.29) is 6.07 Å². The molecule has 0 aromatic heterocycles. The minimum atomic E-state index is -5.01. The van der Waals surface area contributed by atoms with Gasteiger partial charge in [0.15, 0.2) is 0 Å². The number of amides is 1. The second kappa shape index (κ2) is 7.37. The van der Waals surface area contributed by atoms with Gasteiger partial charge in [-0.1, -0.05) is 12.1 Å². The molecule has 0 unspecified atom stereocenters. The van der Waals surface area contributed by atoms with E-state index in [1.54, 1.807) is 24.3 Å². The normalized spacial score (nSPS) is 15.0. The van der Waals surface area contributed by atoms with E-state index in [0.29, 0.717) is 23.5 Å². The highest BCUT2D eigenvalue weighted by Crippen LogP contribution is 2.37. The molecule has 1 saturated heterocycles. The molecule has 2 aromatic rings. The monoisotopic (exact) mass is 402 g/mol. The van der Waals surface area contributed by atoms with Crippen molar-refractivity contribution in [1.29, 1.82) is 0 Å². The molecular weight excluding hydrogens is 386 g/mol. The van der Waals surface area contributed by atoms with E-state index in [4.69, 9.17) is 0 Å². The first-order chi connectivity index (χ1) is 13.1. The van der Waals surface area contributed by atoms with Crippen LogP contribution in [0.15, 0.2) is 42.5 Å². The minimum Gasteiger partial charge on any atom is -0.370 e. The molecule has 0 aliphatic carbocycles. The molecule has 2 aromatic carbocycles. The lowest BCUT2D eigenvalue weighted by Gasteiger charge is -2.21. The highest BCUT2D eigenvalue weighted by molar-refractivity contribution is 6.06. The van der Waals surface area contributed by atoms with Crippen LogP contribution in [0.2, 0.25) is 0 Å². The number of alkyl halides is 6. The van der Waals surface area contributed by atoms with Crippen LogP contribution < -0.4 is 10.2 Å². The summed E-state index contributed by atoms with van der Waals surface area (Å²) < 4.78 is 77.9. The van der Waals surface area contributed by atoms with Gasteiger partial charge in [-0.05, 0) is 43.2 Å². The highest BCUT2D eigenvalue weighted by atomic mass is 19.4. The highest BCUT2D eigenvalue weighted by Gasteiger charge is 2.37. The Balaban J connectivity index is 1.95. The van der Waals surface area contributed by atoms with Crippen LogP contribution in [-0.2, 0) is 12.4 Å². The smallest absolute Gasteiger partial charge is 0.370 e. The van der Waals surface area contributed by atoms with Crippen molar-refractivity contribution in [2.45, 2.75) is 25.2 Å². The molecule has 0 radical (unpaired) electrons. The van der Waals surface area contributed by atoms with Crippen molar-refractivity contribution in [3.8, 4) is 0 Å². The summed E-state index contributed by atoms with van der Waals surface area (Å²) in [6.45, 7) is 1.52. The number of hydrogen-bond donors (Lipinski definition) is 1. The molecule has 3 nitrogen and oxygen atoms in total. The third-order valence-electron chi connectivity index (χ3n) is 4.45. The summed E-state index contributed by atoms with van der Waals surface area (Å²) in [5.41, 5.74) is -2.75. The zero-order valence-corrected chi connectivity index (χ0v) is 14.5. The Labute approximate surface area is 157 Å². The van der Waals surface area contributed by atoms with E-state index < -0.39 is 35.0 Å². The lowest BCUT2D eigenvalue weighted by Crippen LogP contribution is -2.21. The Morgan fingerprint density at radius 2 is 1.39 bits per heavy atom. The number of hydrogen-bond acceptors (Lipinski definition) is 2. The summed E-state index contributed by atoms with van der Waals surface area (Å²) in [4.78, 5) is 14.5. The molecule has 150 valence electrons. The van der Waals surface area contributed by atoms with Crippen LogP contribution in [0.5, 0.6) is 0 Å². The van der Waals surface area contributed by atoms with Gasteiger partial charge in [0.05, 0.1) is 22.5 Å². The molecule has 1 N–H and O–H groups in total. The van der Waals surface area contributed by atoms with Crippen molar-refractivity contribution in [3.05, 3.63) is 59.2 Å². The lowest BCUT2D eigenvalue weighted by molar-refractivity contribution is -0.143. The molecule has 0 saturated carbocycles. The molecule has 1 heterocycles. The van der Waals surface area contributed by atoms with E-state index in [9.17, 15) is 31.1 Å². The quantitative estimate of drug-likeness (QED) is 0.680. The van der Waals surface area contributed by atoms with Gasteiger partial charge in [0.1, 0.15) is 0 Å². The summed E-state index contributed by atoms with van der Waals surface area (Å²) in [7, 11) is 0. The van der Waals surface area contributed by atoms with Gasteiger partial charge in [-0.2, -0.15) is 26.3 Å². The number of rotatable bonds is 3. The van der Waals surface area contributed by atoms with Gasteiger partial charge < -0.3 is 10.2 Å². The maximum absolute atomic E-state index is 13.0. The Bertz CT molecular complexity index is 837. The number of carbonyl (C=O) groups is 1. The zero-order chi connectivity index (χ0) is 20.5. The van der Waals surface area contributed by atoms with Crippen molar-refractivity contribution < 1.29 is 31.1 Å². The van der Waals surface area contributed by atoms with E-state index >= 15 is 0 Å². The van der Waals surface area contributed by atoms with Gasteiger partial charge >= 0.3 is 12.4 Å². The van der Waals surface area contributed by atoms with Gasteiger partial charge in [0, 0.05) is 18.7 Å². The molecule has 3 rings (SSSR count). The fraction of sp³-hybridized carbons (Fsp3) is 0.316. The molecule has 0 spiro atoms. The van der Waals surface area contributed by atoms with Crippen molar-refractivity contribution in [2.75, 3.05) is 23.3 Å². The summed E-state index contributed by atoms with van der Waals surface area (Å²) in [6.07, 6.45) is -8.09. The number of para-hydroxylation sites is 2. The molecule has 9 heteroatoms. The Morgan fingerprint density at radius 1 is 0.857 bits per heavy atom. The second-order valence-electron chi connectivity index (χ2n) is 6.46. The first-order valence-electron chi connectivity index (χ1n) is 8.50. The topological polar surface area (TPSA) is 32.3 Å². The van der Waals surface area contributed by atoms with E-state index in [0.717, 1.165) is 25.9 Å². The lowest BCUT2D eigenvalue weighted by atomic mass is 10.0. The third kappa shape index (κ3) is 4.40. The van der Waals surface area contributed by atoms with E-state index in [2.05, 4.69) is 5.32 Å². The predicted octanol–water partition coefficient (Wildman–Crippen LogP) is 5.58. The van der Waals surface area contributed by atoms with Crippen LogP contribution in [0.3, 0.4) is 0 Å². The molecule has 0 bridgehead atoms. The second-order valence-corrected chi connectivity index (χ2v) is 6.46. The van der Waals surface area contributed by atoms with Gasteiger partial charge in [-0.15, -0.1) is 0 Å². The maximum Gasteiger partial charge on any atom is 0.416 e. The summed E-state index contributed by atoms with van der Waals surface area (Å²) in [6, 6.07) is 7.51. The fourth-order valence-corrected chi connectivity index (χ4v) is 3.09. The van der Waals surface area contributed by atoms with Gasteiger partial charge in [-0.3, -0.25) is 4.79 Å². The molecule has 1 aliphatic rings. The first-order valence-corrected chi connectivity index (χ1v) is 8.50. The Morgan fingerprint density at radius 3 is 1.93 bits per heavy atom. The van der Waals surface area contributed by atoms with Crippen LogP contribution in [0.4, 0.5) is 37.7 Å². The number of nitrogens with one attached hydrogen (secondary N) is 1. The van der Waals surface area contributed by atoms with Crippen LogP contribution in [0.1, 0.15) is 34.3 Å². The molecule has 1 fully saturated rings. The number of nitrogens with zero attached hydrogens (tertiary/aromatic N) is 1. The molecule has 1 aliphatic heterocycles. The van der Waals surface area contributed by atoms with Crippen LogP contribution >= 0.6 is 0 Å². The van der Waals surface area contributed by atoms with Crippen LogP contribution in [0.25, 0.3) is 0 Å². The number of benzene rings is 2. The average Bonchev–Trinajstić information content (AvgIpc) is 3.14. The number of halogens is 6. The third-order valence-corrected chi connectivity index (χ3v) is 4.45. The summed E-state index contributed by atoms with van der Waals surface area (Å²) >= 11 is 0. The minimum absolute atomic E-state index is 0.00500. The van der Waals surface area contributed by atoms with E-state index in [1.165, 1.54) is 0 Å². The summed E-state index contributed by atoms with van der Waals surface area (Å²) in [5, 5.41) is 2.45. The standard InChI is InChI=1S/C19H16F6N2O/c20-18(21,22)13-9-12(10-14(11-13)19(23,24)25)17(28)26-15-5-1-2-6-16(15)27-7-3-4-8-27/h1-2,5-6,9-11H,3-4,7-8H2,(H,26,28). The van der Waals surface area contributed by atoms with Gasteiger partial charge in [-0.25, -0.2) is 0 Å². The summed E-state index contributed by atoms with van der Waals surface area (Å²) in [5.74, 6) is -1.04. The zero-order valence-electron chi connectivity index (χ0n) is 14.5. The SMILES string of the molecule is O=C(Nc1ccccc1N1CCCC1)c1cc(C(F)(F)F)cc(C(F)(F)F)c1. The number of anilines is 2. The van der Waals surface area contributed by atoms with Crippen LogP contribution in [0, 0.1) is 0 Å². The molecule has 28 heavy (non-hydrogen) atoms. The molecule has 0 atom stereocenters. The molecular formula is C19H16F6N2O. The van der Waals surface area contributed by atoms with Crippen molar-refractivity contribution in [3.63, 3.8) is 0 Å². The van der Waals surface area contributed by atoms with Crippen molar-refractivity contribution >= 4 is 17.3 Å².